The summed E-state index contributed by atoms with van der Waals surface area (Å²) in [5, 5.41) is 8.46. The van der Waals surface area contributed by atoms with Crippen molar-refractivity contribution in [2.75, 3.05) is 13.1 Å². The summed E-state index contributed by atoms with van der Waals surface area (Å²) in [6, 6.07) is 2.17. The lowest BCUT2D eigenvalue weighted by atomic mass is 10.1. The maximum Gasteiger partial charge on any atom is 0.226 e. The lowest BCUT2D eigenvalue weighted by Crippen LogP contribution is -2.42. The predicted octanol–water partition coefficient (Wildman–Crippen LogP) is 0.732. The fraction of sp³-hybridized carbons (Fsp3) is 0.800. The maximum absolute atomic E-state index is 11.8. The highest BCUT2D eigenvalue weighted by atomic mass is 16.2. The van der Waals surface area contributed by atoms with E-state index in [9.17, 15) is 4.79 Å². The lowest BCUT2D eigenvalue weighted by molar-refractivity contribution is -0.136. The van der Waals surface area contributed by atoms with E-state index in [1.165, 1.54) is 0 Å². The van der Waals surface area contributed by atoms with E-state index in [0.29, 0.717) is 19.5 Å². The minimum atomic E-state index is -0.156. The summed E-state index contributed by atoms with van der Waals surface area (Å²) >= 11 is 0. The highest BCUT2D eigenvalue weighted by molar-refractivity contribution is 5.79. The molecule has 0 rings (SSSR count). The average Bonchev–Trinajstić information content (AvgIpc) is 2.16. The lowest BCUT2D eigenvalue weighted by Gasteiger charge is -2.28. The van der Waals surface area contributed by atoms with E-state index in [0.717, 1.165) is 0 Å². The molecule has 14 heavy (non-hydrogen) atoms. The molecule has 0 saturated heterocycles. The normalized spacial score (nSPS) is 12.3. The van der Waals surface area contributed by atoms with Crippen LogP contribution in [0, 0.1) is 17.2 Å². The third-order valence-corrected chi connectivity index (χ3v) is 2.15. The van der Waals surface area contributed by atoms with Crippen molar-refractivity contribution in [2.24, 2.45) is 11.7 Å². The van der Waals surface area contributed by atoms with Gasteiger partial charge in [-0.2, -0.15) is 5.26 Å². The van der Waals surface area contributed by atoms with Crippen molar-refractivity contribution in [3.8, 4) is 6.07 Å². The summed E-state index contributed by atoms with van der Waals surface area (Å²) in [6.07, 6.45) is 0.376. The zero-order valence-electron chi connectivity index (χ0n) is 9.16. The van der Waals surface area contributed by atoms with Gasteiger partial charge in [0.2, 0.25) is 5.91 Å². The second-order valence-electron chi connectivity index (χ2n) is 3.67. The van der Waals surface area contributed by atoms with Gasteiger partial charge in [0.25, 0.3) is 0 Å². The van der Waals surface area contributed by atoms with Crippen LogP contribution >= 0.6 is 0 Å². The van der Waals surface area contributed by atoms with Crippen LogP contribution in [0.15, 0.2) is 0 Å². The third kappa shape index (κ3) is 3.75. The van der Waals surface area contributed by atoms with Gasteiger partial charge in [-0.25, -0.2) is 0 Å². The molecule has 0 aromatic rings. The van der Waals surface area contributed by atoms with Crippen LogP contribution in [0.25, 0.3) is 0 Å². The molecule has 1 unspecified atom stereocenters. The molecule has 2 N–H and O–H groups in total. The molecule has 0 heterocycles. The van der Waals surface area contributed by atoms with Crippen molar-refractivity contribution in [2.45, 2.75) is 33.2 Å². The molecule has 0 radical (unpaired) electrons. The summed E-state index contributed by atoms with van der Waals surface area (Å²) in [5.74, 6) is -0.117. The number of amides is 1. The Labute approximate surface area is 85.7 Å². The van der Waals surface area contributed by atoms with E-state index in [-0.39, 0.29) is 17.9 Å². The van der Waals surface area contributed by atoms with E-state index in [4.69, 9.17) is 11.0 Å². The smallest absolute Gasteiger partial charge is 0.226 e. The summed E-state index contributed by atoms with van der Waals surface area (Å²) < 4.78 is 0. The largest absolute Gasteiger partial charge is 0.339 e. The molecule has 0 spiro atoms. The molecular weight excluding hydrogens is 178 g/mol. The highest BCUT2D eigenvalue weighted by Gasteiger charge is 2.20. The van der Waals surface area contributed by atoms with Gasteiger partial charge in [0, 0.05) is 25.0 Å². The Morgan fingerprint density at radius 2 is 2.07 bits per heavy atom. The number of nitrogens with zero attached hydrogens (tertiary/aromatic N) is 2. The van der Waals surface area contributed by atoms with Crippen LogP contribution in [0.1, 0.15) is 27.2 Å². The number of hydrogen-bond donors (Lipinski definition) is 1. The van der Waals surface area contributed by atoms with E-state index < -0.39 is 0 Å². The van der Waals surface area contributed by atoms with Crippen molar-refractivity contribution in [3.63, 3.8) is 0 Å². The Bertz CT molecular complexity index is 220. The van der Waals surface area contributed by atoms with Crippen LogP contribution in [0.3, 0.4) is 0 Å². The Morgan fingerprint density at radius 1 is 1.50 bits per heavy atom. The molecule has 0 bridgehead atoms. The number of rotatable bonds is 5. The number of nitriles is 1. The van der Waals surface area contributed by atoms with Gasteiger partial charge in [0.15, 0.2) is 0 Å². The topological polar surface area (TPSA) is 70.1 Å². The van der Waals surface area contributed by atoms with Crippen LogP contribution in [-0.4, -0.2) is 29.9 Å². The van der Waals surface area contributed by atoms with Gasteiger partial charge < -0.3 is 10.6 Å². The minimum Gasteiger partial charge on any atom is -0.339 e. The van der Waals surface area contributed by atoms with Crippen LogP contribution in [0.2, 0.25) is 0 Å². The Kier molecular flexibility index (Phi) is 5.89. The fourth-order valence-corrected chi connectivity index (χ4v) is 1.18. The molecular formula is C10H19N3O. The molecule has 80 valence electrons. The van der Waals surface area contributed by atoms with Crippen molar-refractivity contribution in [1.82, 2.24) is 4.90 Å². The number of nitrogens with two attached hydrogens (primary N) is 1. The summed E-state index contributed by atoms with van der Waals surface area (Å²) in [7, 11) is 0. The first kappa shape index (κ1) is 12.9. The van der Waals surface area contributed by atoms with E-state index in [2.05, 4.69) is 0 Å². The molecule has 0 fully saturated rings. The summed E-state index contributed by atoms with van der Waals surface area (Å²) in [4.78, 5) is 13.5. The van der Waals surface area contributed by atoms with E-state index in [1.54, 1.807) is 4.90 Å². The second kappa shape index (κ2) is 6.39. The average molecular weight is 197 g/mol. The van der Waals surface area contributed by atoms with Gasteiger partial charge in [-0.05, 0) is 13.8 Å². The standard InChI is InChI=1S/C10H19N3O/c1-8(2)13(6-4-5-11)10(14)9(3)7-12/h8-9H,4,6-7,12H2,1-3H3. The van der Waals surface area contributed by atoms with Crippen molar-refractivity contribution >= 4 is 5.91 Å². The molecule has 0 aliphatic carbocycles. The number of hydrogen-bond acceptors (Lipinski definition) is 3. The Balaban J connectivity index is 4.34. The Morgan fingerprint density at radius 3 is 2.43 bits per heavy atom. The zero-order valence-corrected chi connectivity index (χ0v) is 9.16. The second-order valence-corrected chi connectivity index (χ2v) is 3.67. The van der Waals surface area contributed by atoms with Gasteiger partial charge in [-0.15, -0.1) is 0 Å². The molecule has 4 nitrogen and oxygen atoms in total. The molecule has 0 aromatic heterocycles. The maximum atomic E-state index is 11.8. The first-order valence-corrected chi connectivity index (χ1v) is 4.92. The fourth-order valence-electron chi connectivity index (χ4n) is 1.18. The van der Waals surface area contributed by atoms with Gasteiger partial charge in [0.1, 0.15) is 0 Å². The molecule has 4 heteroatoms. The third-order valence-electron chi connectivity index (χ3n) is 2.15. The number of carbonyl (C=O) groups excluding carboxylic acids is 1. The van der Waals surface area contributed by atoms with Crippen LogP contribution in [0.5, 0.6) is 0 Å². The van der Waals surface area contributed by atoms with Crippen LogP contribution in [-0.2, 0) is 4.79 Å². The molecule has 0 aromatic carbocycles. The number of carbonyl (C=O) groups is 1. The monoisotopic (exact) mass is 197 g/mol. The van der Waals surface area contributed by atoms with Gasteiger partial charge in [-0.1, -0.05) is 6.92 Å². The highest BCUT2D eigenvalue weighted by Crippen LogP contribution is 2.06. The molecule has 1 atom stereocenters. The molecule has 0 aliphatic rings. The van der Waals surface area contributed by atoms with Crippen molar-refractivity contribution in [1.29, 1.82) is 5.26 Å². The minimum absolute atomic E-state index is 0.0396. The summed E-state index contributed by atoms with van der Waals surface area (Å²) in [6.45, 7) is 6.55. The van der Waals surface area contributed by atoms with Crippen molar-refractivity contribution < 1.29 is 4.79 Å². The van der Waals surface area contributed by atoms with Gasteiger partial charge in [0.05, 0.1) is 12.5 Å². The van der Waals surface area contributed by atoms with Crippen LogP contribution < -0.4 is 5.73 Å². The molecule has 0 saturated carbocycles. The van der Waals surface area contributed by atoms with Crippen molar-refractivity contribution in [3.05, 3.63) is 0 Å². The molecule has 0 aliphatic heterocycles. The molecule has 1 amide bonds. The quantitative estimate of drug-likeness (QED) is 0.706. The van der Waals surface area contributed by atoms with Crippen LogP contribution in [0.4, 0.5) is 0 Å². The SMILES string of the molecule is CC(CN)C(=O)N(CCC#N)C(C)C. The first-order chi connectivity index (χ1) is 6.54. The van der Waals surface area contributed by atoms with E-state index in [1.807, 2.05) is 26.8 Å². The Hall–Kier alpha value is -1.08. The van der Waals surface area contributed by atoms with Gasteiger partial charge >= 0.3 is 0 Å². The zero-order chi connectivity index (χ0) is 11.1. The van der Waals surface area contributed by atoms with Gasteiger partial charge in [-0.3, -0.25) is 4.79 Å². The first-order valence-electron chi connectivity index (χ1n) is 4.92. The van der Waals surface area contributed by atoms with E-state index >= 15 is 0 Å². The predicted molar refractivity (Wildman–Crippen MR) is 55.3 cm³/mol. The summed E-state index contributed by atoms with van der Waals surface area (Å²) in [5.41, 5.74) is 5.43.